The molecule has 2 aliphatic rings. The van der Waals surface area contributed by atoms with Crippen LogP contribution >= 0.6 is 0 Å². The molecular formula is C26H27F2N3O4S. The summed E-state index contributed by atoms with van der Waals surface area (Å²) < 4.78 is 68.0. The second kappa shape index (κ2) is 9.85. The highest BCUT2D eigenvalue weighted by molar-refractivity contribution is 7.89. The van der Waals surface area contributed by atoms with Gasteiger partial charge in [0.1, 0.15) is 11.6 Å². The Hall–Kier alpha value is -2.92. The Morgan fingerprint density at radius 2 is 1.72 bits per heavy atom. The molecule has 7 nitrogen and oxygen atoms in total. The lowest BCUT2D eigenvalue weighted by Crippen LogP contribution is -2.51. The normalized spacial score (nSPS) is 20.0. The van der Waals surface area contributed by atoms with Crippen molar-refractivity contribution in [3.05, 3.63) is 83.2 Å². The molecule has 2 aromatic carbocycles. The topological polar surface area (TPSA) is 73.7 Å². The maximum atomic E-state index is 13.5. The molecule has 190 valence electrons. The molecule has 10 heteroatoms. The molecule has 0 radical (unpaired) electrons. The molecule has 0 spiro atoms. The number of halogens is 2. The molecule has 1 aliphatic carbocycles. The summed E-state index contributed by atoms with van der Waals surface area (Å²) in [6.45, 7) is 1.66. The molecular weight excluding hydrogens is 488 g/mol. The third kappa shape index (κ3) is 4.61. The van der Waals surface area contributed by atoms with Crippen LogP contribution in [-0.2, 0) is 25.9 Å². The van der Waals surface area contributed by atoms with Gasteiger partial charge in [-0.3, -0.25) is 0 Å². The largest absolute Gasteiger partial charge is 0.382 e. The summed E-state index contributed by atoms with van der Waals surface area (Å²) in [6.07, 6.45) is 4.90. The van der Waals surface area contributed by atoms with Gasteiger partial charge in [0.15, 0.2) is 0 Å². The van der Waals surface area contributed by atoms with E-state index in [4.69, 9.17) is 9.47 Å². The third-order valence-electron chi connectivity index (χ3n) is 6.85. The first-order valence-corrected chi connectivity index (χ1v) is 13.1. The van der Waals surface area contributed by atoms with Crippen LogP contribution < -0.4 is 0 Å². The Morgan fingerprint density at radius 1 is 1.03 bits per heavy atom. The van der Waals surface area contributed by atoms with Crippen molar-refractivity contribution in [2.24, 2.45) is 5.41 Å². The van der Waals surface area contributed by atoms with Gasteiger partial charge in [0, 0.05) is 25.6 Å². The lowest BCUT2D eigenvalue weighted by atomic mass is 9.69. The Bertz CT molecular complexity index is 1370. The van der Waals surface area contributed by atoms with Gasteiger partial charge >= 0.3 is 0 Å². The van der Waals surface area contributed by atoms with Crippen molar-refractivity contribution in [1.29, 1.82) is 0 Å². The van der Waals surface area contributed by atoms with E-state index >= 15 is 0 Å². The molecule has 0 amide bonds. The van der Waals surface area contributed by atoms with Crippen LogP contribution in [0.4, 0.5) is 8.78 Å². The second-order valence-corrected chi connectivity index (χ2v) is 11.1. The Balaban J connectivity index is 1.49. The molecule has 36 heavy (non-hydrogen) atoms. The van der Waals surface area contributed by atoms with E-state index in [1.165, 1.54) is 28.6 Å². The smallest absolute Gasteiger partial charge is 0.243 e. The number of hydrogen-bond acceptors (Lipinski definition) is 5. The zero-order valence-electron chi connectivity index (χ0n) is 19.9. The van der Waals surface area contributed by atoms with Gasteiger partial charge in [-0.25, -0.2) is 21.9 Å². The van der Waals surface area contributed by atoms with Crippen LogP contribution in [0, 0.1) is 17.0 Å². The van der Waals surface area contributed by atoms with Gasteiger partial charge in [-0.2, -0.15) is 9.40 Å². The average molecular weight is 516 g/mol. The Kier molecular flexibility index (Phi) is 6.78. The number of benzene rings is 2. The van der Waals surface area contributed by atoms with Crippen LogP contribution in [-0.4, -0.2) is 62.5 Å². The molecule has 0 saturated carbocycles. The highest BCUT2D eigenvalue weighted by Crippen LogP contribution is 2.45. The quantitative estimate of drug-likeness (QED) is 0.427. The van der Waals surface area contributed by atoms with Crippen LogP contribution in [0.3, 0.4) is 0 Å². The molecule has 0 N–H and O–H groups in total. The van der Waals surface area contributed by atoms with Crippen LogP contribution in [0.1, 0.15) is 17.7 Å². The lowest BCUT2D eigenvalue weighted by molar-refractivity contribution is 0.0147. The van der Waals surface area contributed by atoms with Crippen molar-refractivity contribution in [2.45, 2.75) is 17.7 Å². The first kappa shape index (κ1) is 24.8. The summed E-state index contributed by atoms with van der Waals surface area (Å²) >= 11 is 0. The molecule has 0 bridgehead atoms. The first-order chi connectivity index (χ1) is 17.3. The van der Waals surface area contributed by atoms with E-state index < -0.39 is 21.3 Å². The lowest BCUT2D eigenvalue weighted by Gasteiger charge is -2.45. The van der Waals surface area contributed by atoms with Gasteiger partial charge in [0.25, 0.3) is 0 Å². The zero-order chi connectivity index (χ0) is 25.3. The highest BCUT2D eigenvalue weighted by Gasteiger charge is 2.46. The maximum absolute atomic E-state index is 13.5. The van der Waals surface area contributed by atoms with Crippen molar-refractivity contribution >= 4 is 16.1 Å². The number of methoxy groups -OCH3 is 1. The van der Waals surface area contributed by atoms with E-state index in [2.05, 4.69) is 11.2 Å². The zero-order valence-corrected chi connectivity index (χ0v) is 20.7. The number of piperidine rings is 1. The number of sulfonamides is 1. The fourth-order valence-electron chi connectivity index (χ4n) is 4.98. The minimum atomic E-state index is -3.82. The summed E-state index contributed by atoms with van der Waals surface area (Å²) in [5.74, 6) is -0.807. The number of ether oxygens (including phenoxy) is 2. The summed E-state index contributed by atoms with van der Waals surface area (Å²) in [6, 6.07) is 11.0. The Labute approximate surface area is 209 Å². The molecule has 3 aromatic rings. The first-order valence-electron chi connectivity index (χ1n) is 11.7. The van der Waals surface area contributed by atoms with Gasteiger partial charge in [-0.05, 0) is 73.0 Å². The molecule has 1 aromatic heterocycles. The monoisotopic (exact) mass is 515 g/mol. The summed E-state index contributed by atoms with van der Waals surface area (Å²) in [7, 11) is -2.22. The van der Waals surface area contributed by atoms with Gasteiger partial charge in [-0.1, -0.05) is 5.57 Å². The van der Waals surface area contributed by atoms with Gasteiger partial charge in [0.05, 0.1) is 42.3 Å². The molecule has 0 unspecified atom stereocenters. The van der Waals surface area contributed by atoms with E-state index in [1.807, 2.05) is 0 Å². The molecule has 5 rings (SSSR count). The molecule has 1 atom stereocenters. The molecule has 1 fully saturated rings. The molecule has 1 saturated heterocycles. The van der Waals surface area contributed by atoms with Crippen LogP contribution in [0.5, 0.6) is 0 Å². The van der Waals surface area contributed by atoms with Crippen molar-refractivity contribution in [2.75, 3.05) is 40.0 Å². The third-order valence-corrected chi connectivity index (χ3v) is 8.71. The number of fused-ring (bicyclic) bond motifs is 2. The predicted molar refractivity (Wildman–Crippen MR) is 130 cm³/mol. The average Bonchev–Trinajstić information content (AvgIpc) is 3.27. The fourth-order valence-corrected chi connectivity index (χ4v) is 6.51. The van der Waals surface area contributed by atoms with Gasteiger partial charge in [-0.15, -0.1) is 0 Å². The maximum Gasteiger partial charge on any atom is 0.243 e. The summed E-state index contributed by atoms with van der Waals surface area (Å²) in [5, 5.41) is 4.54. The number of nitrogens with zero attached hydrogens (tertiary/aromatic N) is 3. The molecule has 1 aliphatic heterocycles. The predicted octanol–water partition coefficient (Wildman–Crippen LogP) is 3.83. The minimum absolute atomic E-state index is 0.0624. The van der Waals surface area contributed by atoms with E-state index in [0.717, 1.165) is 34.7 Å². The second-order valence-electron chi connectivity index (χ2n) is 9.16. The SMILES string of the molecule is COCCOC[C@]12Cc3cnn(-c4ccc(F)cc4)c3C=C1CCN(S(=O)(=O)c1ccc(F)cc1)C2. The standard InChI is InChI=1S/C26H27F2N3O4S/c1-34-12-13-35-18-26-15-19-16-29-31(23-6-2-21(27)3-7-23)25(19)14-20(26)10-11-30(17-26)36(32,33)24-8-4-22(28)5-9-24/h2-9,14,16H,10-13,15,17-18H2,1H3/t26-/m1/s1. The minimum Gasteiger partial charge on any atom is -0.382 e. The van der Waals surface area contributed by atoms with Gasteiger partial charge < -0.3 is 9.47 Å². The number of aromatic nitrogens is 2. The fraction of sp³-hybridized carbons (Fsp3) is 0.346. The van der Waals surface area contributed by atoms with Gasteiger partial charge in [0.2, 0.25) is 10.0 Å². The Morgan fingerprint density at radius 3 is 2.42 bits per heavy atom. The van der Waals surface area contributed by atoms with Crippen molar-refractivity contribution in [3.63, 3.8) is 0 Å². The van der Waals surface area contributed by atoms with Crippen LogP contribution in [0.25, 0.3) is 11.8 Å². The van der Waals surface area contributed by atoms with E-state index in [9.17, 15) is 17.2 Å². The van der Waals surface area contributed by atoms with E-state index in [1.54, 1.807) is 30.1 Å². The number of hydrogen-bond donors (Lipinski definition) is 0. The molecule has 2 heterocycles. The van der Waals surface area contributed by atoms with Crippen molar-refractivity contribution in [1.82, 2.24) is 14.1 Å². The summed E-state index contributed by atoms with van der Waals surface area (Å²) in [5.41, 5.74) is 3.11. The van der Waals surface area contributed by atoms with Crippen LogP contribution in [0.15, 0.2) is 65.2 Å². The highest BCUT2D eigenvalue weighted by atomic mass is 32.2. The van der Waals surface area contributed by atoms with E-state index in [-0.39, 0.29) is 17.3 Å². The number of rotatable bonds is 8. The van der Waals surface area contributed by atoms with E-state index in [0.29, 0.717) is 39.2 Å². The van der Waals surface area contributed by atoms with Crippen molar-refractivity contribution < 1.29 is 26.7 Å². The summed E-state index contributed by atoms with van der Waals surface area (Å²) in [4.78, 5) is 0.0624. The van der Waals surface area contributed by atoms with Crippen LogP contribution in [0.2, 0.25) is 0 Å². The van der Waals surface area contributed by atoms with Crippen molar-refractivity contribution in [3.8, 4) is 5.69 Å².